The number of hydrogen-bond donors (Lipinski definition) is 0. The van der Waals surface area contributed by atoms with Gasteiger partial charge in [0.05, 0.1) is 0 Å². The van der Waals surface area contributed by atoms with Crippen molar-refractivity contribution >= 4 is 22.6 Å². The largest absolute Gasteiger partial charge is 0.0812 e. The van der Waals surface area contributed by atoms with E-state index in [0.717, 1.165) is 4.43 Å². The highest BCUT2D eigenvalue weighted by Gasteiger charge is 2.16. The Morgan fingerprint density at radius 3 is 2.08 bits per heavy atom. The minimum Gasteiger partial charge on any atom is -0.0812 e. The number of benzene rings is 1. The molecule has 0 heterocycles. The SMILES string of the molecule is CCC(C)(C)c1ccc(CI)cc1. The minimum absolute atomic E-state index is 0.323. The maximum absolute atomic E-state index is 2.40. The highest BCUT2D eigenvalue weighted by Crippen LogP contribution is 2.26. The molecule has 1 aromatic carbocycles. The molecule has 0 aliphatic heterocycles. The van der Waals surface area contributed by atoms with E-state index in [-0.39, 0.29) is 0 Å². The Morgan fingerprint density at radius 1 is 1.15 bits per heavy atom. The number of rotatable bonds is 3. The van der Waals surface area contributed by atoms with Gasteiger partial charge in [0.15, 0.2) is 0 Å². The van der Waals surface area contributed by atoms with Crippen LogP contribution in [0.15, 0.2) is 24.3 Å². The molecule has 0 aliphatic carbocycles. The quantitative estimate of drug-likeness (QED) is 0.574. The molecule has 0 N–H and O–H groups in total. The van der Waals surface area contributed by atoms with Crippen LogP contribution in [-0.2, 0) is 9.84 Å². The van der Waals surface area contributed by atoms with Crippen molar-refractivity contribution in [3.63, 3.8) is 0 Å². The summed E-state index contributed by atoms with van der Waals surface area (Å²) in [4.78, 5) is 0. The monoisotopic (exact) mass is 288 g/mol. The van der Waals surface area contributed by atoms with Crippen molar-refractivity contribution in [3.8, 4) is 0 Å². The average Bonchev–Trinajstić information content (AvgIpc) is 2.18. The fraction of sp³-hybridized carbons (Fsp3) is 0.500. The molecule has 0 radical (unpaired) electrons. The highest BCUT2D eigenvalue weighted by molar-refractivity contribution is 14.1. The highest BCUT2D eigenvalue weighted by atomic mass is 127. The van der Waals surface area contributed by atoms with Crippen molar-refractivity contribution in [2.45, 2.75) is 37.0 Å². The molecular formula is C12H17I. The van der Waals surface area contributed by atoms with E-state index in [1.807, 2.05) is 0 Å². The van der Waals surface area contributed by atoms with Gasteiger partial charge < -0.3 is 0 Å². The Balaban J connectivity index is 2.92. The van der Waals surface area contributed by atoms with E-state index in [1.165, 1.54) is 17.5 Å². The van der Waals surface area contributed by atoms with Crippen LogP contribution in [0.3, 0.4) is 0 Å². The van der Waals surface area contributed by atoms with Gasteiger partial charge in [0, 0.05) is 4.43 Å². The van der Waals surface area contributed by atoms with E-state index in [4.69, 9.17) is 0 Å². The lowest BCUT2D eigenvalue weighted by Crippen LogP contribution is -2.15. The zero-order valence-electron chi connectivity index (χ0n) is 8.60. The molecular weight excluding hydrogens is 271 g/mol. The second-order valence-electron chi connectivity index (χ2n) is 4.07. The second kappa shape index (κ2) is 4.45. The van der Waals surface area contributed by atoms with E-state index < -0.39 is 0 Å². The van der Waals surface area contributed by atoms with E-state index in [2.05, 4.69) is 67.6 Å². The van der Waals surface area contributed by atoms with Crippen molar-refractivity contribution in [3.05, 3.63) is 35.4 Å². The van der Waals surface area contributed by atoms with E-state index >= 15 is 0 Å². The third-order valence-corrected chi connectivity index (χ3v) is 3.65. The summed E-state index contributed by atoms with van der Waals surface area (Å²) >= 11 is 2.40. The summed E-state index contributed by atoms with van der Waals surface area (Å²) in [5.41, 5.74) is 3.18. The molecule has 13 heavy (non-hydrogen) atoms. The summed E-state index contributed by atoms with van der Waals surface area (Å²) in [6, 6.07) is 8.99. The third kappa shape index (κ3) is 2.70. The normalized spacial score (nSPS) is 11.7. The summed E-state index contributed by atoms with van der Waals surface area (Å²) in [6.07, 6.45) is 1.19. The lowest BCUT2D eigenvalue weighted by molar-refractivity contribution is 0.506. The van der Waals surface area contributed by atoms with Crippen LogP contribution >= 0.6 is 22.6 Å². The number of alkyl halides is 1. The molecule has 0 unspecified atom stereocenters. The number of halogens is 1. The first-order valence-electron chi connectivity index (χ1n) is 4.75. The van der Waals surface area contributed by atoms with Crippen molar-refractivity contribution in [1.29, 1.82) is 0 Å². The van der Waals surface area contributed by atoms with Crippen molar-refractivity contribution < 1.29 is 0 Å². The molecule has 72 valence electrons. The molecule has 0 fully saturated rings. The standard InChI is InChI=1S/C12H17I/c1-4-12(2,3)11-7-5-10(9-13)6-8-11/h5-8H,4,9H2,1-3H3. The first-order valence-corrected chi connectivity index (χ1v) is 6.28. The summed E-state index contributed by atoms with van der Waals surface area (Å²) < 4.78 is 1.10. The van der Waals surface area contributed by atoms with Gasteiger partial charge in [-0.1, -0.05) is 67.6 Å². The molecule has 0 aromatic heterocycles. The molecule has 1 rings (SSSR count). The molecule has 0 bridgehead atoms. The van der Waals surface area contributed by atoms with E-state index in [1.54, 1.807) is 0 Å². The molecule has 0 spiro atoms. The molecule has 0 saturated carbocycles. The first-order chi connectivity index (χ1) is 6.10. The van der Waals surface area contributed by atoms with Crippen molar-refractivity contribution in [2.24, 2.45) is 0 Å². The van der Waals surface area contributed by atoms with Gasteiger partial charge >= 0.3 is 0 Å². The van der Waals surface area contributed by atoms with Crippen molar-refractivity contribution in [1.82, 2.24) is 0 Å². The first kappa shape index (κ1) is 11.0. The zero-order valence-corrected chi connectivity index (χ0v) is 10.8. The Labute approximate surface area is 94.9 Å². The zero-order chi connectivity index (χ0) is 9.90. The lowest BCUT2D eigenvalue weighted by atomic mass is 9.82. The van der Waals surface area contributed by atoms with Crippen LogP contribution in [0, 0.1) is 0 Å². The van der Waals surface area contributed by atoms with Gasteiger partial charge in [-0.25, -0.2) is 0 Å². The second-order valence-corrected chi connectivity index (χ2v) is 4.83. The molecule has 0 atom stereocenters. The summed E-state index contributed by atoms with van der Waals surface area (Å²) in [6.45, 7) is 6.84. The van der Waals surface area contributed by atoms with Gasteiger partial charge in [0.25, 0.3) is 0 Å². The molecule has 1 heteroatoms. The molecule has 0 aliphatic rings. The predicted molar refractivity (Wildman–Crippen MR) is 67.5 cm³/mol. The Kier molecular flexibility index (Phi) is 3.77. The Hall–Kier alpha value is -0.0500. The average molecular weight is 288 g/mol. The maximum Gasteiger partial charge on any atom is 0.0247 e. The van der Waals surface area contributed by atoms with Crippen LogP contribution in [-0.4, -0.2) is 0 Å². The van der Waals surface area contributed by atoms with Crippen LogP contribution in [0.2, 0.25) is 0 Å². The van der Waals surface area contributed by atoms with Gasteiger partial charge in [0.1, 0.15) is 0 Å². The molecule has 0 amide bonds. The lowest BCUT2D eigenvalue weighted by Gasteiger charge is -2.23. The van der Waals surface area contributed by atoms with Crippen LogP contribution < -0.4 is 0 Å². The Bertz CT molecular complexity index is 259. The van der Waals surface area contributed by atoms with Gasteiger partial charge in [-0.15, -0.1) is 0 Å². The van der Waals surface area contributed by atoms with E-state index in [9.17, 15) is 0 Å². The maximum atomic E-state index is 2.40. The van der Waals surface area contributed by atoms with Crippen molar-refractivity contribution in [2.75, 3.05) is 0 Å². The van der Waals surface area contributed by atoms with Gasteiger partial charge in [0.2, 0.25) is 0 Å². The molecule has 0 nitrogen and oxygen atoms in total. The fourth-order valence-electron chi connectivity index (χ4n) is 1.25. The summed E-state index contributed by atoms with van der Waals surface area (Å²) in [7, 11) is 0. The van der Waals surface area contributed by atoms with E-state index in [0.29, 0.717) is 5.41 Å². The van der Waals surface area contributed by atoms with Crippen LogP contribution in [0.4, 0.5) is 0 Å². The fourth-order valence-corrected chi connectivity index (χ4v) is 1.76. The van der Waals surface area contributed by atoms with Gasteiger partial charge in [-0.05, 0) is 23.0 Å². The summed E-state index contributed by atoms with van der Waals surface area (Å²) in [5.74, 6) is 0. The minimum atomic E-state index is 0.323. The number of hydrogen-bond acceptors (Lipinski definition) is 0. The smallest absolute Gasteiger partial charge is 0.0247 e. The molecule has 1 aromatic rings. The molecule has 0 saturated heterocycles. The van der Waals surface area contributed by atoms with Gasteiger partial charge in [-0.3, -0.25) is 0 Å². The van der Waals surface area contributed by atoms with Crippen LogP contribution in [0.1, 0.15) is 38.3 Å². The summed E-state index contributed by atoms with van der Waals surface area (Å²) in [5, 5.41) is 0. The predicted octanol–water partition coefficient (Wildman–Crippen LogP) is 4.31. The van der Waals surface area contributed by atoms with Crippen LogP contribution in [0.25, 0.3) is 0 Å². The Morgan fingerprint density at radius 2 is 1.69 bits per heavy atom. The third-order valence-electron chi connectivity index (χ3n) is 2.77. The van der Waals surface area contributed by atoms with Crippen LogP contribution in [0.5, 0.6) is 0 Å². The topological polar surface area (TPSA) is 0 Å². The van der Waals surface area contributed by atoms with Gasteiger partial charge in [-0.2, -0.15) is 0 Å².